The van der Waals surface area contributed by atoms with Gasteiger partial charge in [0.05, 0.1) is 17.7 Å². The first kappa shape index (κ1) is 16.0. The van der Waals surface area contributed by atoms with Gasteiger partial charge in [-0.3, -0.25) is 4.79 Å². The third kappa shape index (κ3) is 3.95. The number of hydrogen-bond acceptors (Lipinski definition) is 3. The Labute approximate surface area is 112 Å². The van der Waals surface area contributed by atoms with Crippen LogP contribution >= 0.6 is 0 Å². The average molecular weight is 291 g/mol. The minimum Gasteiger partial charge on any atom is -0.480 e. The fourth-order valence-electron chi connectivity index (χ4n) is 1.51. The SMILES string of the molecule is COCC(NC(=O)c1ccccc1C(F)(F)F)C(=O)O. The predicted molar refractivity (Wildman–Crippen MR) is 62.2 cm³/mol. The Kier molecular flexibility index (Phi) is 5.09. The summed E-state index contributed by atoms with van der Waals surface area (Å²) in [5.41, 5.74) is -1.76. The zero-order valence-corrected chi connectivity index (χ0v) is 10.4. The van der Waals surface area contributed by atoms with Crippen molar-refractivity contribution in [2.24, 2.45) is 0 Å². The second kappa shape index (κ2) is 6.38. The number of carbonyl (C=O) groups excluding carboxylic acids is 1. The third-order valence-electron chi connectivity index (χ3n) is 2.41. The van der Waals surface area contributed by atoms with Crippen molar-refractivity contribution < 1.29 is 32.6 Å². The highest BCUT2D eigenvalue weighted by Crippen LogP contribution is 2.31. The summed E-state index contributed by atoms with van der Waals surface area (Å²) >= 11 is 0. The minimum atomic E-state index is -4.70. The van der Waals surface area contributed by atoms with Crippen LogP contribution in [0.3, 0.4) is 0 Å². The maximum Gasteiger partial charge on any atom is 0.417 e. The van der Waals surface area contributed by atoms with Crippen LogP contribution in [-0.2, 0) is 15.7 Å². The molecule has 0 saturated heterocycles. The van der Waals surface area contributed by atoms with Crippen molar-refractivity contribution >= 4 is 11.9 Å². The summed E-state index contributed by atoms with van der Waals surface area (Å²) in [5.74, 6) is -2.52. The lowest BCUT2D eigenvalue weighted by atomic mass is 10.1. The highest BCUT2D eigenvalue weighted by molar-refractivity contribution is 5.98. The minimum absolute atomic E-state index is 0.352. The molecular weight excluding hydrogens is 279 g/mol. The molecule has 5 nitrogen and oxygen atoms in total. The lowest BCUT2D eigenvalue weighted by Crippen LogP contribution is -2.44. The van der Waals surface area contributed by atoms with Crippen molar-refractivity contribution in [2.45, 2.75) is 12.2 Å². The molecule has 0 heterocycles. The Morgan fingerprint density at radius 2 is 1.95 bits per heavy atom. The quantitative estimate of drug-likeness (QED) is 0.862. The van der Waals surface area contributed by atoms with Gasteiger partial charge < -0.3 is 15.2 Å². The number of methoxy groups -OCH3 is 1. The Hall–Kier alpha value is -2.09. The maximum absolute atomic E-state index is 12.7. The number of halogens is 3. The molecule has 8 heteroatoms. The largest absolute Gasteiger partial charge is 0.480 e. The van der Waals surface area contributed by atoms with E-state index in [4.69, 9.17) is 5.11 Å². The zero-order valence-electron chi connectivity index (χ0n) is 10.4. The lowest BCUT2D eigenvalue weighted by Gasteiger charge is -2.16. The summed E-state index contributed by atoms with van der Waals surface area (Å²) in [7, 11) is 1.21. The van der Waals surface area contributed by atoms with Crippen molar-refractivity contribution in [3.63, 3.8) is 0 Å². The topological polar surface area (TPSA) is 75.6 Å². The highest BCUT2D eigenvalue weighted by atomic mass is 19.4. The van der Waals surface area contributed by atoms with Crippen LogP contribution < -0.4 is 5.32 Å². The van der Waals surface area contributed by atoms with Gasteiger partial charge in [-0.05, 0) is 12.1 Å². The molecule has 0 saturated carbocycles. The molecule has 0 aromatic heterocycles. The van der Waals surface area contributed by atoms with Crippen LogP contribution in [0.15, 0.2) is 24.3 Å². The first-order valence-corrected chi connectivity index (χ1v) is 5.46. The normalized spacial score (nSPS) is 12.8. The fraction of sp³-hybridized carbons (Fsp3) is 0.333. The van der Waals surface area contributed by atoms with Gasteiger partial charge in [-0.15, -0.1) is 0 Å². The van der Waals surface area contributed by atoms with E-state index in [2.05, 4.69) is 4.74 Å². The molecule has 0 fully saturated rings. The monoisotopic (exact) mass is 291 g/mol. The second-order valence-electron chi connectivity index (χ2n) is 3.86. The van der Waals surface area contributed by atoms with Gasteiger partial charge in [0.25, 0.3) is 5.91 Å². The van der Waals surface area contributed by atoms with E-state index in [0.717, 1.165) is 18.2 Å². The molecule has 2 N–H and O–H groups in total. The van der Waals surface area contributed by atoms with Crippen molar-refractivity contribution in [1.29, 1.82) is 0 Å². The van der Waals surface area contributed by atoms with Gasteiger partial charge in [-0.2, -0.15) is 13.2 Å². The number of benzene rings is 1. The van der Waals surface area contributed by atoms with Crippen LogP contribution in [0.4, 0.5) is 13.2 Å². The molecule has 0 radical (unpaired) electrons. The average Bonchev–Trinajstić information content (AvgIpc) is 2.37. The van der Waals surface area contributed by atoms with Crippen LogP contribution in [0, 0.1) is 0 Å². The van der Waals surface area contributed by atoms with E-state index in [1.165, 1.54) is 13.2 Å². The smallest absolute Gasteiger partial charge is 0.417 e. The molecule has 110 valence electrons. The lowest BCUT2D eigenvalue weighted by molar-refractivity contribution is -0.140. The van der Waals surface area contributed by atoms with E-state index in [1.807, 2.05) is 5.32 Å². The number of carboxylic acids is 1. The van der Waals surface area contributed by atoms with Crippen LogP contribution in [-0.4, -0.2) is 36.7 Å². The van der Waals surface area contributed by atoms with E-state index in [9.17, 15) is 22.8 Å². The first-order chi connectivity index (χ1) is 9.27. The Morgan fingerprint density at radius 1 is 1.35 bits per heavy atom. The molecule has 1 atom stereocenters. The van der Waals surface area contributed by atoms with Crippen molar-refractivity contribution in [3.05, 3.63) is 35.4 Å². The molecule has 0 aliphatic rings. The number of carbonyl (C=O) groups is 2. The number of hydrogen-bond donors (Lipinski definition) is 2. The third-order valence-corrected chi connectivity index (χ3v) is 2.41. The van der Waals surface area contributed by atoms with E-state index >= 15 is 0 Å². The molecule has 0 bridgehead atoms. The number of carboxylic acid groups (broad SMARTS) is 1. The van der Waals surface area contributed by atoms with Crippen molar-refractivity contribution in [1.82, 2.24) is 5.32 Å². The van der Waals surface area contributed by atoms with Crippen LogP contribution in [0.2, 0.25) is 0 Å². The van der Waals surface area contributed by atoms with Crippen LogP contribution in [0.25, 0.3) is 0 Å². The molecular formula is C12H12F3NO4. The Bertz CT molecular complexity index is 502. The Balaban J connectivity index is 3.01. The van der Waals surface area contributed by atoms with Crippen LogP contribution in [0.5, 0.6) is 0 Å². The molecule has 1 amide bonds. The number of aliphatic carboxylic acids is 1. The number of ether oxygens (including phenoxy) is 1. The van der Waals surface area contributed by atoms with Gasteiger partial charge >= 0.3 is 12.1 Å². The molecule has 0 spiro atoms. The van der Waals surface area contributed by atoms with Gasteiger partial charge in [0.2, 0.25) is 0 Å². The zero-order chi connectivity index (χ0) is 15.3. The van der Waals surface area contributed by atoms with Crippen molar-refractivity contribution in [3.8, 4) is 0 Å². The van der Waals surface area contributed by atoms with Gasteiger partial charge in [0, 0.05) is 7.11 Å². The van der Waals surface area contributed by atoms with Gasteiger partial charge in [0.1, 0.15) is 0 Å². The maximum atomic E-state index is 12.7. The van der Waals surface area contributed by atoms with E-state index < -0.39 is 35.2 Å². The molecule has 0 aliphatic carbocycles. The summed E-state index contributed by atoms with van der Waals surface area (Å²) in [6.07, 6.45) is -4.70. The molecule has 20 heavy (non-hydrogen) atoms. The summed E-state index contributed by atoms with van der Waals surface area (Å²) in [5, 5.41) is 10.8. The molecule has 1 unspecified atom stereocenters. The number of alkyl halides is 3. The van der Waals surface area contributed by atoms with E-state index in [1.54, 1.807) is 0 Å². The predicted octanol–water partition coefficient (Wildman–Crippen LogP) is 1.53. The summed E-state index contributed by atoms with van der Waals surface area (Å²) < 4.78 is 42.8. The highest BCUT2D eigenvalue weighted by Gasteiger charge is 2.35. The molecule has 1 rings (SSSR count). The molecule has 1 aromatic rings. The summed E-state index contributed by atoms with van der Waals surface area (Å²) in [6, 6.07) is 2.71. The van der Waals surface area contributed by atoms with Gasteiger partial charge in [-0.1, -0.05) is 12.1 Å². The van der Waals surface area contributed by atoms with Crippen LogP contribution in [0.1, 0.15) is 15.9 Å². The van der Waals surface area contributed by atoms with Gasteiger partial charge in [-0.25, -0.2) is 4.79 Å². The summed E-state index contributed by atoms with van der Waals surface area (Å²) in [4.78, 5) is 22.6. The second-order valence-corrected chi connectivity index (χ2v) is 3.86. The van der Waals surface area contributed by atoms with Crippen molar-refractivity contribution in [2.75, 3.05) is 13.7 Å². The van der Waals surface area contributed by atoms with E-state index in [0.29, 0.717) is 0 Å². The number of rotatable bonds is 5. The molecule has 1 aromatic carbocycles. The first-order valence-electron chi connectivity index (χ1n) is 5.46. The molecule has 0 aliphatic heterocycles. The number of nitrogens with one attached hydrogen (secondary N) is 1. The number of amides is 1. The van der Waals surface area contributed by atoms with E-state index in [-0.39, 0.29) is 6.61 Å². The standard InChI is InChI=1S/C12H12F3NO4/c1-20-6-9(11(18)19)16-10(17)7-4-2-3-5-8(7)12(13,14)15/h2-5,9H,6H2,1H3,(H,16,17)(H,18,19). The Morgan fingerprint density at radius 3 is 2.45 bits per heavy atom. The fourth-order valence-corrected chi connectivity index (χ4v) is 1.51. The van der Waals surface area contributed by atoms with Gasteiger partial charge in [0.15, 0.2) is 6.04 Å². The summed E-state index contributed by atoms with van der Waals surface area (Å²) in [6.45, 7) is -0.352.